The molecule has 1 saturated carbocycles. The number of rotatable bonds is 9. The maximum absolute atomic E-state index is 5.89. The molecule has 1 aromatic rings. The van der Waals surface area contributed by atoms with E-state index in [2.05, 4.69) is 14.9 Å². The zero-order valence-corrected chi connectivity index (χ0v) is 11.8. The lowest BCUT2D eigenvalue weighted by molar-refractivity contribution is 0.0526. The lowest BCUT2D eigenvalue weighted by atomic mass is 10.3. The molecule has 0 aromatic carbocycles. The van der Waals surface area contributed by atoms with E-state index in [1.807, 2.05) is 12.5 Å². The monoisotopic (exact) mass is 267 g/mol. The van der Waals surface area contributed by atoms with Gasteiger partial charge in [-0.2, -0.15) is 0 Å². The highest BCUT2D eigenvalue weighted by Gasteiger charge is 2.14. The highest BCUT2D eigenvalue weighted by atomic mass is 16.5. The van der Waals surface area contributed by atoms with Crippen LogP contribution in [0.1, 0.15) is 31.4 Å². The molecule has 1 fully saturated rings. The minimum Gasteiger partial charge on any atom is -0.383 e. The predicted octanol–water partition coefficient (Wildman–Crippen LogP) is 1.58. The van der Waals surface area contributed by atoms with Gasteiger partial charge in [0, 0.05) is 32.9 Å². The predicted molar refractivity (Wildman–Crippen MR) is 74.0 cm³/mol. The van der Waals surface area contributed by atoms with E-state index in [4.69, 9.17) is 9.47 Å². The molecule has 19 heavy (non-hydrogen) atoms. The normalized spacial score (nSPS) is 16.3. The van der Waals surface area contributed by atoms with Gasteiger partial charge in [-0.1, -0.05) is 12.8 Å². The maximum Gasteiger partial charge on any atom is 0.0949 e. The summed E-state index contributed by atoms with van der Waals surface area (Å²) in [6, 6.07) is 0. The van der Waals surface area contributed by atoms with E-state index in [-0.39, 0.29) is 0 Å². The second-order valence-electron chi connectivity index (χ2n) is 5.03. The fourth-order valence-corrected chi connectivity index (χ4v) is 2.46. The molecule has 0 aliphatic heterocycles. The first-order valence-electron chi connectivity index (χ1n) is 7.20. The van der Waals surface area contributed by atoms with Gasteiger partial charge in [-0.3, -0.25) is 0 Å². The van der Waals surface area contributed by atoms with Crippen molar-refractivity contribution in [1.82, 2.24) is 14.9 Å². The van der Waals surface area contributed by atoms with E-state index in [1.165, 1.54) is 31.4 Å². The number of hydrogen-bond donors (Lipinski definition) is 1. The molecular formula is C14H25N3O2. The summed E-state index contributed by atoms with van der Waals surface area (Å²) in [5, 5.41) is 3.33. The van der Waals surface area contributed by atoms with Gasteiger partial charge in [0.25, 0.3) is 0 Å². The van der Waals surface area contributed by atoms with Gasteiger partial charge in [-0.25, -0.2) is 4.98 Å². The Morgan fingerprint density at radius 1 is 1.37 bits per heavy atom. The molecular weight excluding hydrogens is 242 g/mol. The van der Waals surface area contributed by atoms with Crippen LogP contribution in [0.4, 0.5) is 0 Å². The van der Waals surface area contributed by atoms with Crippen molar-refractivity contribution in [1.29, 1.82) is 0 Å². The van der Waals surface area contributed by atoms with Crippen molar-refractivity contribution in [3.05, 3.63) is 18.2 Å². The number of nitrogens with one attached hydrogen (secondary N) is 1. The average molecular weight is 267 g/mol. The lowest BCUT2D eigenvalue weighted by Crippen LogP contribution is -2.21. The van der Waals surface area contributed by atoms with Crippen molar-refractivity contribution in [3.8, 4) is 0 Å². The van der Waals surface area contributed by atoms with Crippen molar-refractivity contribution in [3.63, 3.8) is 0 Å². The Bertz CT molecular complexity index is 348. The number of ether oxygens (including phenoxy) is 2. The SMILES string of the molecule is COCCNCc1cncn1CCOC1CCCC1. The molecule has 0 atom stereocenters. The number of hydrogen-bond acceptors (Lipinski definition) is 4. The number of imidazole rings is 1. The van der Waals surface area contributed by atoms with Crippen molar-refractivity contribution >= 4 is 0 Å². The Balaban J connectivity index is 1.66. The van der Waals surface area contributed by atoms with Crippen molar-refractivity contribution in [2.45, 2.75) is 44.9 Å². The van der Waals surface area contributed by atoms with E-state index in [1.54, 1.807) is 7.11 Å². The van der Waals surface area contributed by atoms with Gasteiger partial charge in [0.05, 0.1) is 31.3 Å². The summed E-state index contributed by atoms with van der Waals surface area (Å²) in [5.41, 5.74) is 1.20. The van der Waals surface area contributed by atoms with Gasteiger partial charge >= 0.3 is 0 Å². The number of methoxy groups -OCH3 is 1. The molecule has 2 rings (SSSR count). The van der Waals surface area contributed by atoms with Crippen LogP contribution in [0.5, 0.6) is 0 Å². The van der Waals surface area contributed by atoms with Crippen LogP contribution in [0.3, 0.4) is 0 Å². The third kappa shape index (κ3) is 4.93. The Labute approximate surface area is 115 Å². The van der Waals surface area contributed by atoms with Crippen LogP contribution in [0.2, 0.25) is 0 Å². The van der Waals surface area contributed by atoms with E-state index >= 15 is 0 Å². The van der Waals surface area contributed by atoms with Crippen LogP contribution in [0, 0.1) is 0 Å². The summed E-state index contributed by atoms with van der Waals surface area (Å²) in [5.74, 6) is 0. The summed E-state index contributed by atoms with van der Waals surface area (Å²) in [6.07, 6.45) is 9.40. The van der Waals surface area contributed by atoms with Gasteiger partial charge in [-0.05, 0) is 12.8 Å². The third-order valence-electron chi connectivity index (χ3n) is 3.58. The molecule has 1 N–H and O–H groups in total. The van der Waals surface area contributed by atoms with E-state index in [9.17, 15) is 0 Å². The standard InChI is InChI=1S/C14H25N3O2/c1-18-8-6-15-10-13-11-16-12-17(13)7-9-19-14-4-2-3-5-14/h11-12,14-15H,2-10H2,1H3. The highest BCUT2D eigenvalue weighted by molar-refractivity contribution is 4.97. The molecule has 0 unspecified atom stereocenters. The van der Waals surface area contributed by atoms with Crippen LogP contribution in [-0.2, 0) is 22.6 Å². The molecule has 0 radical (unpaired) electrons. The minimum absolute atomic E-state index is 0.492. The summed E-state index contributed by atoms with van der Waals surface area (Å²) in [6.45, 7) is 4.09. The first-order chi connectivity index (χ1) is 9.40. The largest absolute Gasteiger partial charge is 0.383 e. The van der Waals surface area contributed by atoms with Gasteiger partial charge in [0.15, 0.2) is 0 Å². The molecule has 1 aliphatic carbocycles. The number of nitrogens with zero attached hydrogens (tertiary/aromatic N) is 2. The molecule has 5 nitrogen and oxygen atoms in total. The Hall–Kier alpha value is -0.910. The van der Waals surface area contributed by atoms with Gasteiger partial charge in [0.2, 0.25) is 0 Å². The second-order valence-corrected chi connectivity index (χ2v) is 5.03. The van der Waals surface area contributed by atoms with Gasteiger partial charge < -0.3 is 19.4 Å². The second kappa shape index (κ2) is 8.30. The molecule has 1 heterocycles. The molecule has 0 saturated heterocycles. The smallest absolute Gasteiger partial charge is 0.0949 e. The van der Waals surface area contributed by atoms with Crippen molar-refractivity contribution in [2.24, 2.45) is 0 Å². The van der Waals surface area contributed by atoms with E-state index in [0.717, 1.165) is 32.8 Å². The molecule has 1 aromatic heterocycles. The molecule has 0 amide bonds. The van der Waals surface area contributed by atoms with E-state index < -0.39 is 0 Å². The Kier molecular flexibility index (Phi) is 6.33. The minimum atomic E-state index is 0.492. The molecule has 0 bridgehead atoms. The first kappa shape index (κ1) is 14.5. The van der Waals surface area contributed by atoms with E-state index in [0.29, 0.717) is 6.10 Å². The molecule has 108 valence electrons. The van der Waals surface area contributed by atoms with Crippen molar-refractivity contribution in [2.75, 3.05) is 26.9 Å². The molecule has 1 aliphatic rings. The van der Waals surface area contributed by atoms with Crippen LogP contribution >= 0.6 is 0 Å². The Morgan fingerprint density at radius 2 is 2.21 bits per heavy atom. The summed E-state index contributed by atoms with van der Waals surface area (Å²) in [4.78, 5) is 4.21. The quantitative estimate of drug-likeness (QED) is 0.690. The highest BCUT2D eigenvalue weighted by Crippen LogP contribution is 2.20. The molecule has 0 spiro atoms. The van der Waals surface area contributed by atoms with Gasteiger partial charge in [0.1, 0.15) is 0 Å². The lowest BCUT2D eigenvalue weighted by Gasteiger charge is -2.13. The fraction of sp³-hybridized carbons (Fsp3) is 0.786. The summed E-state index contributed by atoms with van der Waals surface area (Å²) >= 11 is 0. The van der Waals surface area contributed by atoms with Crippen molar-refractivity contribution < 1.29 is 9.47 Å². The first-order valence-corrected chi connectivity index (χ1v) is 7.20. The zero-order valence-electron chi connectivity index (χ0n) is 11.8. The van der Waals surface area contributed by atoms with Crippen LogP contribution in [-0.4, -0.2) is 42.5 Å². The summed E-state index contributed by atoms with van der Waals surface area (Å²) in [7, 11) is 1.71. The van der Waals surface area contributed by atoms with Crippen LogP contribution < -0.4 is 5.32 Å². The maximum atomic E-state index is 5.89. The van der Waals surface area contributed by atoms with Gasteiger partial charge in [-0.15, -0.1) is 0 Å². The average Bonchev–Trinajstić information content (AvgIpc) is 3.07. The summed E-state index contributed by atoms with van der Waals surface area (Å²) < 4.78 is 13.1. The molecule has 5 heteroatoms. The zero-order chi connectivity index (χ0) is 13.3. The van der Waals surface area contributed by atoms with Crippen LogP contribution in [0.25, 0.3) is 0 Å². The number of aromatic nitrogens is 2. The fourth-order valence-electron chi connectivity index (χ4n) is 2.46. The Morgan fingerprint density at radius 3 is 3.00 bits per heavy atom. The van der Waals surface area contributed by atoms with Crippen LogP contribution in [0.15, 0.2) is 12.5 Å². The third-order valence-corrected chi connectivity index (χ3v) is 3.58. The topological polar surface area (TPSA) is 48.3 Å².